The fourth-order valence-corrected chi connectivity index (χ4v) is 4.25. The normalized spacial score (nSPS) is 19.4. The van der Waals surface area contributed by atoms with Crippen molar-refractivity contribution in [2.75, 3.05) is 4.90 Å². The first-order valence-electron chi connectivity index (χ1n) is 8.63. The Balaban J connectivity index is 2.19. The lowest BCUT2D eigenvalue weighted by molar-refractivity contribution is -0.136. The van der Waals surface area contributed by atoms with Gasteiger partial charge < -0.3 is 0 Å². The third kappa shape index (κ3) is 2.91. The van der Waals surface area contributed by atoms with Gasteiger partial charge in [0, 0.05) is 5.02 Å². The molecule has 6 nitrogen and oxygen atoms in total. The molecule has 0 aliphatic carbocycles. The standard InChI is InChI=1S/C18H20Cl2N4O2/c1-3-7-18(8-4-2)15(25)16(23-11-21-10-22-23)24(17(18)26)14-6-5-12(19)9-13(14)20/h5-6,9-11,16H,3-4,7-8H2,1-2H3. The smallest absolute Gasteiger partial charge is 0.243 e. The van der Waals surface area contributed by atoms with Crippen LogP contribution in [0.15, 0.2) is 30.9 Å². The summed E-state index contributed by atoms with van der Waals surface area (Å²) in [5.74, 6) is -0.404. The van der Waals surface area contributed by atoms with E-state index in [4.69, 9.17) is 23.2 Å². The number of nitrogens with zero attached hydrogens (tertiary/aromatic N) is 4. The van der Waals surface area contributed by atoms with E-state index in [0.717, 1.165) is 12.8 Å². The zero-order valence-electron chi connectivity index (χ0n) is 14.7. The van der Waals surface area contributed by atoms with Crippen molar-refractivity contribution in [1.82, 2.24) is 14.8 Å². The van der Waals surface area contributed by atoms with Gasteiger partial charge in [-0.15, -0.1) is 0 Å². The lowest BCUT2D eigenvalue weighted by Crippen LogP contribution is -2.37. The minimum atomic E-state index is -1.07. The van der Waals surface area contributed by atoms with E-state index >= 15 is 0 Å². The number of benzene rings is 1. The molecule has 0 bridgehead atoms. The minimum absolute atomic E-state index is 0.164. The number of carbonyl (C=O) groups excluding carboxylic acids is 2. The maximum atomic E-state index is 13.5. The lowest BCUT2D eigenvalue weighted by atomic mass is 9.76. The average Bonchev–Trinajstić information content (AvgIpc) is 3.18. The van der Waals surface area contributed by atoms with Crippen LogP contribution in [0.4, 0.5) is 5.69 Å². The van der Waals surface area contributed by atoms with E-state index in [0.29, 0.717) is 28.6 Å². The molecular weight excluding hydrogens is 375 g/mol. The quantitative estimate of drug-likeness (QED) is 0.685. The van der Waals surface area contributed by atoms with Gasteiger partial charge in [-0.05, 0) is 31.0 Å². The molecule has 2 aromatic rings. The van der Waals surface area contributed by atoms with Crippen LogP contribution >= 0.6 is 23.2 Å². The number of rotatable bonds is 6. The van der Waals surface area contributed by atoms with Crippen molar-refractivity contribution in [3.63, 3.8) is 0 Å². The van der Waals surface area contributed by atoms with Crippen molar-refractivity contribution < 1.29 is 9.59 Å². The van der Waals surface area contributed by atoms with Crippen LogP contribution in [0, 0.1) is 5.41 Å². The maximum Gasteiger partial charge on any atom is 0.243 e. The number of amides is 1. The van der Waals surface area contributed by atoms with Crippen LogP contribution in [0.1, 0.15) is 45.7 Å². The molecule has 1 atom stereocenters. The first-order valence-corrected chi connectivity index (χ1v) is 9.39. The molecule has 3 rings (SSSR count). The van der Waals surface area contributed by atoms with Crippen molar-refractivity contribution in [2.45, 2.75) is 45.7 Å². The molecular formula is C18H20Cl2N4O2. The molecule has 0 spiro atoms. The summed E-state index contributed by atoms with van der Waals surface area (Å²) in [7, 11) is 0. The number of ketones is 1. The zero-order chi connectivity index (χ0) is 18.9. The van der Waals surface area contributed by atoms with Gasteiger partial charge in [-0.2, -0.15) is 5.10 Å². The van der Waals surface area contributed by atoms with E-state index in [1.165, 1.54) is 22.2 Å². The molecule has 26 heavy (non-hydrogen) atoms. The van der Waals surface area contributed by atoms with E-state index in [1.54, 1.807) is 18.2 Å². The van der Waals surface area contributed by atoms with E-state index < -0.39 is 11.6 Å². The van der Waals surface area contributed by atoms with Gasteiger partial charge in [-0.3, -0.25) is 14.5 Å². The summed E-state index contributed by atoms with van der Waals surface area (Å²) in [6.45, 7) is 3.95. The van der Waals surface area contributed by atoms with Gasteiger partial charge in [0.15, 0.2) is 11.9 Å². The second kappa shape index (κ2) is 7.37. The van der Waals surface area contributed by atoms with Crippen molar-refractivity contribution >= 4 is 40.6 Å². The van der Waals surface area contributed by atoms with Crippen LogP contribution in [-0.4, -0.2) is 26.5 Å². The Labute approximate surface area is 162 Å². The second-order valence-electron chi connectivity index (χ2n) is 6.47. The monoisotopic (exact) mass is 394 g/mol. The van der Waals surface area contributed by atoms with E-state index in [1.807, 2.05) is 13.8 Å². The fourth-order valence-electron chi connectivity index (χ4n) is 3.75. The predicted octanol–water partition coefficient (Wildman–Crippen LogP) is 4.29. The number of anilines is 1. The molecule has 8 heteroatoms. The van der Waals surface area contributed by atoms with E-state index in [9.17, 15) is 9.59 Å². The highest BCUT2D eigenvalue weighted by molar-refractivity contribution is 6.37. The summed E-state index contributed by atoms with van der Waals surface area (Å²) in [5, 5.41) is 4.89. The Bertz CT molecular complexity index is 817. The summed E-state index contributed by atoms with van der Waals surface area (Å²) in [4.78, 5) is 32.4. The molecule has 1 aliphatic rings. The SMILES string of the molecule is CCCC1(CCC)C(=O)C(n2cncn2)N(c2ccc(Cl)cc2Cl)C1=O. The number of hydrogen-bond donors (Lipinski definition) is 0. The Morgan fingerprint density at radius 1 is 1.15 bits per heavy atom. The molecule has 1 aliphatic heterocycles. The molecule has 1 unspecified atom stereocenters. The first kappa shape index (κ1) is 18.9. The summed E-state index contributed by atoms with van der Waals surface area (Å²) < 4.78 is 1.41. The Morgan fingerprint density at radius 3 is 2.38 bits per heavy atom. The summed E-state index contributed by atoms with van der Waals surface area (Å²) >= 11 is 12.4. The number of Topliss-reactive ketones (excluding diaryl/α,β-unsaturated/α-hetero) is 1. The zero-order valence-corrected chi connectivity index (χ0v) is 16.2. The van der Waals surface area contributed by atoms with E-state index in [2.05, 4.69) is 10.1 Å². The van der Waals surface area contributed by atoms with Crippen molar-refractivity contribution in [1.29, 1.82) is 0 Å². The highest BCUT2D eigenvalue weighted by atomic mass is 35.5. The van der Waals surface area contributed by atoms with Crippen LogP contribution < -0.4 is 4.90 Å². The topological polar surface area (TPSA) is 68.1 Å². The molecule has 1 fully saturated rings. The predicted molar refractivity (Wildman–Crippen MR) is 100 cm³/mol. The van der Waals surface area contributed by atoms with Gasteiger partial charge in [-0.1, -0.05) is 49.9 Å². The fraction of sp³-hybridized carbons (Fsp3) is 0.444. The largest absolute Gasteiger partial charge is 0.294 e. The van der Waals surface area contributed by atoms with Gasteiger partial charge in [-0.25, -0.2) is 9.67 Å². The average molecular weight is 395 g/mol. The third-order valence-corrected chi connectivity index (χ3v) is 5.33. The number of halogens is 2. The molecule has 0 saturated carbocycles. The van der Waals surface area contributed by atoms with Gasteiger partial charge in [0.05, 0.1) is 10.7 Å². The molecule has 138 valence electrons. The first-order chi connectivity index (χ1) is 12.5. The summed E-state index contributed by atoms with van der Waals surface area (Å²) in [6.07, 6.45) is 4.33. The van der Waals surface area contributed by atoms with Gasteiger partial charge in [0.2, 0.25) is 5.91 Å². The molecule has 0 N–H and O–H groups in total. The minimum Gasteiger partial charge on any atom is -0.294 e. The van der Waals surface area contributed by atoms with Crippen molar-refractivity contribution in [3.8, 4) is 0 Å². The van der Waals surface area contributed by atoms with Crippen LogP contribution in [-0.2, 0) is 9.59 Å². The van der Waals surface area contributed by atoms with Crippen molar-refractivity contribution in [3.05, 3.63) is 40.9 Å². The van der Waals surface area contributed by atoms with Crippen LogP contribution in [0.3, 0.4) is 0 Å². The second-order valence-corrected chi connectivity index (χ2v) is 7.31. The Kier molecular flexibility index (Phi) is 5.34. The molecule has 0 radical (unpaired) electrons. The molecule has 1 saturated heterocycles. The summed E-state index contributed by atoms with van der Waals surface area (Å²) in [6, 6.07) is 4.88. The number of hydrogen-bond acceptors (Lipinski definition) is 4. The number of carbonyl (C=O) groups is 2. The van der Waals surface area contributed by atoms with E-state index in [-0.39, 0.29) is 11.7 Å². The van der Waals surface area contributed by atoms with Crippen LogP contribution in [0.25, 0.3) is 0 Å². The molecule has 1 amide bonds. The number of aromatic nitrogens is 3. The lowest BCUT2D eigenvalue weighted by Gasteiger charge is -2.26. The third-order valence-electron chi connectivity index (χ3n) is 4.79. The van der Waals surface area contributed by atoms with Gasteiger partial charge in [0.25, 0.3) is 0 Å². The Hall–Kier alpha value is -1.92. The highest BCUT2D eigenvalue weighted by Gasteiger charge is 2.59. The van der Waals surface area contributed by atoms with Gasteiger partial charge >= 0.3 is 0 Å². The van der Waals surface area contributed by atoms with Gasteiger partial charge in [0.1, 0.15) is 18.1 Å². The molecule has 1 aromatic carbocycles. The van der Waals surface area contributed by atoms with Crippen LogP contribution in [0.2, 0.25) is 10.0 Å². The van der Waals surface area contributed by atoms with Crippen molar-refractivity contribution in [2.24, 2.45) is 5.41 Å². The molecule has 2 heterocycles. The summed E-state index contributed by atoms with van der Waals surface area (Å²) in [5.41, 5.74) is -0.618. The maximum absolute atomic E-state index is 13.5. The highest BCUT2D eigenvalue weighted by Crippen LogP contribution is 2.48. The van der Waals surface area contributed by atoms with Crippen LogP contribution in [0.5, 0.6) is 0 Å². The Morgan fingerprint density at radius 2 is 1.85 bits per heavy atom. The molecule has 1 aromatic heterocycles.